The van der Waals surface area contributed by atoms with Crippen LogP contribution in [-0.2, 0) is 11.3 Å². The van der Waals surface area contributed by atoms with Gasteiger partial charge in [0, 0.05) is 37.1 Å². The highest BCUT2D eigenvalue weighted by Crippen LogP contribution is 2.14. The molecule has 0 bridgehead atoms. The zero-order valence-electron chi connectivity index (χ0n) is 9.90. The van der Waals surface area contributed by atoms with Crippen LogP contribution in [0.1, 0.15) is 12.0 Å². The molecule has 1 fully saturated rings. The van der Waals surface area contributed by atoms with Crippen LogP contribution in [0.4, 0.5) is 0 Å². The number of pyridine rings is 1. The minimum absolute atomic E-state index is 0.0394. The number of likely N-dealkylation sites (tertiary alicyclic amines) is 1. The smallest absolute Gasteiger partial charge is 0.224 e. The predicted molar refractivity (Wildman–Crippen MR) is 64.5 cm³/mol. The standard InChI is InChI=1S/C12H17N3O2/c1-15-5-3-9(8-15)12(17)14-7-10-6-13-4-2-11(10)16/h2,4,6,9H,3,5,7-8H2,1H3,(H,13,16)(H,14,17). The number of nitrogens with zero attached hydrogens (tertiary/aromatic N) is 1. The van der Waals surface area contributed by atoms with E-state index in [-0.39, 0.29) is 17.3 Å². The summed E-state index contributed by atoms with van der Waals surface area (Å²) in [5.74, 6) is 0.0976. The molecule has 0 spiro atoms. The zero-order chi connectivity index (χ0) is 12.3. The van der Waals surface area contributed by atoms with Gasteiger partial charge in [-0.15, -0.1) is 0 Å². The van der Waals surface area contributed by atoms with E-state index in [0.29, 0.717) is 12.1 Å². The van der Waals surface area contributed by atoms with Gasteiger partial charge in [-0.3, -0.25) is 9.59 Å². The lowest BCUT2D eigenvalue weighted by atomic mass is 10.1. The molecule has 0 aliphatic carbocycles. The quantitative estimate of drug-likeness (QED) is 0.771. The number of hydrogen-bond donors (Lipinski definition) is 2. The first-order valence-corrected chi connectivity index (χ1v) is 5.79. The fraction of sp³-hybridized carbons (Fsp3) is 0.500. The molecule has 17 heavy (non-hydrogen) atoms. The van der Waals surface area contributed by atoms with Gasteiger partial charge in [-0.05, 0) is 20.0 Å². The van der Waals surface area contributed by atoms with Crippen molar-refractivity contribution in [3.8, 4) is 0 Å². The first-order chi connectivity index (χ1) is 8.16. The first-order valence-electron chi connectivity index (χ1n) is 5.79. The number of aromatic nitrogens is 1. The Morgan fingerprint density at radius 1 is 1.65 bits per heavy atom. The van der Waals surface area contributed by atoms with Gasteiger partial charge in [-0.25, -0.2) is 0 Å². The second-order valence-electron chi connectivity index (χ2n) is 4.50. The van der Waals surface area contributed by atoms with Crippen molar-refractivity contribution in [3.05, 3.63) is 34.2 Å². The maximum Gasteiger partial charge on any atom is 0.224 e. The van der Waals surface area contributed by atoms with Crippen molar-refractivity contribution in [1.29, 1.82) is 0 Å². The highest BCUT2D eigenvalue weighted by atomic mass is 16.2. The molecule has 0 radical (unpaired) electrons. The third-order valence-electron chi connectivity index (χ3n) is 3.12. The molecule has 5 heteroatoms. The van der Waals surface area contributed by atoms with Crippen LogP contribution in [0.15, 0.2) is 23.3 Å². The summed E-state index contributed by atoms with van der Waals surface area (Å²) in [6.45, 7) is 2.07. The Labute approximate surface area is 99.8 Å². The molecule has 1 aliphatic rings. The van der Waals surface area contributed by atoms with Gasteiger partial charge in [-0.2, -0.15) is 0 Å². The molecule has 1 atom stereocenters. The lowest BCUT2D eigenvalue weighted by molar-refractivity contribution is -0.124. The van der Waals surface area contributed by atoms with Crippen LogP contribution in [0.2, 0.25) is 0 Å². The summed E-state index contributed by atoms with van der Waals surface area (Å²) in [6.07, 6.45) is 4.11. The van der Waals surface area contributed by atoms with E-state index in [4.69, 9.17) is 0 Å². The molecule has 1 aromatic rings. The van der Waals surface area contributed by atoms with Crippen molar-refractivity contribution in [2.75, 3.05) is 20.1 Å². The fourth-order valence-corrected chi connectivity index (χ4v) is 2.06. The molecule has 1 amide bonds. The maximum atomic E-state index is 11.8. The maximum absolute atomic E-state index is 11.8. The molecular weight excluding hydrogens is 218 g/mol. The van der Waals surface area contributed by atoms with Gasteiger partial charge in [0.2, 0.25) is 5.91 Å². The molecule has 1 aliphatic heterocycles. The molecule has 2 heterocycles. The number of aromatic amines is 1. The molecular formula is C12H17N3O2. The average Bonchev–Trinajstić information content (AvgIpc) is 2.74. The topological polar surface area (TPSA) is 65.2 Å². The highest BCUT2D eigenvalue weighted by Gasteiger charge is 2.25. The predicted octanol–water partition coefficient (Wildman–Crippen LogP) is -0.0572. The molecule has 2 rings (SSSR count). The van der Waals surface area contributed by atoms with Crippen LogP contribution in [0.5, 0.6) is 0 Å². The Morgan fingerprint density at radius 3 is 3.12 bits per heavy atom. The summed E-state index contributed by atoms with van der Waals surface area (Å²) in [4.78, 5) is 28.2. The van der Waals surface area contributed by atoms with E-state index in [9.17, 15) is 9.59 Å². The molecule has 0 aromatic carbocycles. The van der Waals surface area contributed by atoms with Crippen LogP contribution >= 0.6 is 0 Å². The Bertz CT molecular complexity index is 455. The summed E-state index contributed by atoms with van der Waals surface area (Å²) >= 11 is 0. The van der Waals surface area contributed by atoms with Gasteiger partial charge in [0.1, 0.15) is 0 Å². The van der Waals surface area contributed by atoms with Gasteiger partial charge in [-0.1, -0.05) is 0 Å². The summed E-state index contributed by atoms with van der Waals surface area (Å²) in [7, 11) is 2.01. The molecule has 5 nitrogen and oxygen atoms in total. The number of carbonyl (C=O) groups is 1. The number of carbonyl (C=O) groups excluding carboxylic acids is 1. The van der Waals surface area contributed by atoms with Gasteiger partial charge in [0.25, 0.3) is 0 Å². The van der Waals surface area contributed by atoms with Gasteiger partial charge in [0.05, 0.1) is 5.92 Å². The Balaban J connectivity index is 1.88. The summed E-state index contributed by atoms with van der Waals surface area (Å²) < 4.78 is 0. The van der Waals surface area contributed by atoms with E-state index in [1.54, 1.807) is 12.4 Å². The number of H-pyrrole nitrogens is 1. The molecule has 1 saturated heterocycles. The Kier molecular flexibility index (Phi) is 3.58. The second-order valence-corrected chi connectivity index (χ2v) is 4.50. The second kappa shape index (κ2) is 5.14. The molecule has 92 valence electrons. The largest absolute Gasteiger partial charge is 0.367 e. The lowest BCUT2D eigenvalue weighted by Crippen LogP contribution is -2.33. The van der Waals surface area contributed by atoms with Crippen LogP contribution in [0.3, 0.4) is 0 Å². The average molecular weight is 235 g/mol. The summed E-state index contributed by atoms with van der Waals surface area (Å²) in [6, 6.07) is 1.46. The lowest BCUT2D eigenvalue weighted by Gasteiger charge is -2.10. The van der Waals surface area contributed by atoms with Crippen molar-refractivity contribution in [1.82, 2.24) is 15.2 Å². The van der Waals surface area contributed by atoms with Gasteiger partial charge in [0.15, 0.2) is 5.43 Å². The highest BCUT2D eigenvalue weighted by molar-refractivity contribution is 5.79. The van der Waals surface area contributed by atoms with Gasteiger partial charge >= 0.3 is 0 Å². The van der Waals surface area contributed by atoms with E-state index in [2.05, 4.69) is 15.2 Å². The molecule has 1 aromatic heterocycles. The van der Waals surface area contributed by atoms with Gasteiger partial charge < -0.3 is 15.2 Å². The van der Waals surface area contributed by atoms with Crippen molar-refractivity contribution >= 4 is 5.91 Å². The number of nitrogens with one attached hydrogen (secondary N) is 2. The van der Waals surface area contributed by atoms with E-state index in [1.807, 2.05) is 7.05 Å². The number of hydrogen-bond acceptors (Lipinski definition) is 3. The fourth-order valence-electron chi connectivity index (χ4n) is 2.06. The van der Waals surface area contributed by atoms with E-state index in [1.165, 1.54) is 6.07 Å². The third-order valence-corrected chi connectivity index (χ3v) is 3.12. The van der Waals surface area contributed by atoms with Crippen LogP contribution < -0.4 is 10.7 Å². The first kappa shape index (κ1) is 11.9. The van der Waals surface area contributed by atoms with Crippen LogP contribution in [0, 0.1) is 5.92 Å². The minimum atomic E-state index is -0.0485. The minimum Gasteiger partial charge on any atom is -0.367 e. The number of amides is 1. The van der Waals surface area contributed by atoms with Crippen molar-refractivity contribution in [2.24, 2.45) is 5.92 Å². The molecule has 2 N–H and O–H groups in total. The van der Waals surface area contributed by atoms with E-state index < -0.39 is 0 Å². The molecule has 1 unspecified atom stereocenters. The van der Waals surface area contributed by atoms with E-state index in [0.717, 1.165) is 19.5 Å². The molecule has 0 saturated carbocycles. The van der Waals surface area contributed by atoms with Crippen molar-refractivity contribution in [3.63, 3.8) is 0 Å². The summed E-state index contributed by atoms with van der Waals surface area (Å²) in [5.41, 5.74) is 0.541. The van der Waals surface area contributed by atoms with Crippen LogP contribution in [0.25, 0.3) is 0 Å². The number of rotatable bonds is 3. The van der Waals surface area contributed by atoms with Crippen molar-refractivity contribution in [2.45, 2.75) is 13.0 Å². The monoisotopic (exact) mass is 235 g/mol. The van der Waals surface area contributed by atoms with E-state index >= 15 is 0 Å². The Morgan fingerprint density at radius 2 is 2.47 bits per heavy atom. The zero-order valence-corrected chi connectivity index (χ0v) is 9.90. The third kappa shape index (κ3) is 2.94. The van der Waals surface area contributed by atoms with Crippen molar-refractivity contribution < 1.29 is 4.79 Å². The Hall–Kier alpha value is -1.62. The SMILES string of the molecule is CN1CCC(C(=O)NCc2c[nH]ccc2=O)C1. The summed E-state index contributed by atoms with van der Waals surface area (Å²) in [5, 5.41) is 2.82. The van der Waals surface area contributed by atoms with Crippen LogP contribution in [-0.4, -0.2) is 35.9 Å². The normalized spacial score (nSPS) is 20.4.